The highest BCUT2D eigenvalue weighted by atomic mass is 16.1. The molecule has 0 aromatic carbocycles. The van der Waals surface area contributed by atoms with E-state index in [1.807, 2.05) is 0 Å². The zero-order chi connectivity index (χ0) is 8.97. The molecule has 0 atom stereocenters. The fraction of sp³-hybridized carbons (Fsp3) is 0.167. The Morgan fingerprint density at radius 2 is 2.33 bits per heavy atom. The van der Waals surface area contributed by atoms with Gasteiger partial charge >= 0.3 is 0 Å². The van der Waals surface area contributed by atoms with E-state index in [2.05, 4.69) is 20.5 Å². The van der Waals surface area contributed by atoms with Crippen molar-refractivity contribution in [3.63, 3.8) is 0 Å². The first-order valence-corrected chi connectivity index (χ1v) is 3.18. The molecular formula is C6H7N5O. The summed E-state index contributed by atoms with van der Waals surface area (Å²) in [7, 11) is 0. The van der Waals surface area contributed by atoms with Gasteiger partial charge in [-0.1, -0.05) is 5.22 Å². The lowest BCUT2D eigenvalue weighted by atomic mass is 10.2. The molecule has 6 nitrogen and oxygen atoms in total. The molecule has 0 spiro atoms. The SMILES string of the molecule is Cc1cc(N=NN)nnc1C=O. The lowest BCUT2D eigenvalue weighted by Gasteiger charge is -1.94. The van der Waals surface area contributed by atoms with E-state index in [9.17, 15) is 4.79 Å². The maximum absolute atomic E-state index is 10.3. The molecule has 62 valence electrons. The second-order valence-corrected chi connectivity index (χ2v) is 2.10. The van der Waals surface area contributed by atoms with Crippen LogP contribution in [0.2, 0.25) is 0 Å². The summed E-state index contributed by atoms with van der Waals surface area (Å²) in [6, 6.07) is 1.58. The van der Waals surface area contributed by atoms with Crippen molar-refractivity contribution in [1.29, 1.82) is 0 Å². The van der Waals surface area contributed by atoms with Crippen LogP contribution in [0.4, 0.5) is 5.82 Å². The van der Waals surface area contributed by atoms with Gasteiger partial charge in [0.2, 0.25) is 0 Å². The van der Waals surface area contributed by atoms with Gasteiger partial charge in [-0.25, -0.2) is 0 Å². The molecule has 0 unspecified atom stereocenters. The summed E-state index contributed by atoms with van der Waals surface area (Å²) in [5, 5.41) is 13.7. The van der Waals surface area contributed by atoms with Crippen LogP contribution in [0.3, 0.4) is 0 Å². The molecule has 12 heavy (non-hydrogen) atoms. The maximum atomic E-state index is 10.3. The van der Waals surface area contributed by atoms with Gasteiger partial charge in [0.05, 0.1) is 0 Å². The molecular weight excluding hydrogens is 158 g/mol. The molecule has 0 aliphatic heterocycles. The van der Waals surface area contributed by atoms with Crippen LogP contribution >= 0.6 is 0 Å². The largest absolute Gasteiger partial charge is 0.305 e. The Balaban J connectivity index is 3.09. The molecule has 1 rings (SSSR count). The number of hydrogen-bond acceptors (Lipinski definition) is 5. The van der Waals surface area contributed by atoms with E-state index in [0.29, 0.717) is 23.4 Å². The Labute approximate surface area is 68.5 Å². The summed E-state index contributed by atoms with van der Waals surface area (Å²) in [5.41, 5.74) is 0.994. The van der Waals surface area contributed by atoms with Crippen LogP contribution in [0.15, 0.2) is 16.4 Å². The maximum Gasteiger partial charge on any atom is 0.198 e. The molecule has 0 aliphatic rings. The van der Waals surface area contributed by atoms with Crippen molar-refractivity contribution in [2.75, 3.05) is 0 Å². The molecule has 1 aromatic heterocycles. The minimum Gasteiger partial charge on any atom is -0.305 e. The van der Waals surface area contributed by atoms with Crippen molar-refractivity contribution in [2.45, 2.75) is 6.92 Å². The van der Waals surface area contributed by atoms with Crippen molar-refractivity contribution >= 4 is 12.1 Å². The molecule has 1 aromatic rings. The standard InChI is InChI=1S/C6H7N5O/c1-4-2-6(10-11-7)9-8-5(4)3-12/h2-3H,1H3,(H2,7,9,10). The Hall–Kier alpha value is -1.85. The Kier molecular flexibility index (Phi) is 2.42. The second-order valence-electron chi connectivity index (χ2n) is 2.10. The predicted molar refractivity (Wildman–Crippen MR) is 40.9 cm³/mol. The van der Waals surface area contributed by atoms with Gasteiger partial charge < -0.3 is 5.84 Å². The highest BCUT2D eigenvalue weighted by Crippen LogP contribution is 2.09. The number of aromatic nitrogens is 2. The molecule has 0 aliphatic carbocycles. The minimum atomic E-state index is 0.292. The lowest BCUT2D eigenvalue weighted by Crippen LogP contribution is -1.94. The topological polar surface area (TPSA) is 93.6 Å². The molecule has 0 radical (unpaired) electrons. The van der Waals surface area contributed by atoms with Gasteiger partial charge in [0.15, 0.2) is 12.1 Å². The average Bonchev–Trinajstić information content (AvgIpc) is 2.05. The van der Waals surface area contributed by atoms with Crippen LogP contribution in [0.5, 0.6) is 0 Å². The average molecular weight is 165 g/mol. The van der Waals surface area contributed by atoms with Gasteiger partial charge in [-0.3, -0.25) is 4.79 Å². The van der Waals surface area contributed by atoms with E-state index in [1.165, 1.54) is 0 Å². The Morgan fingerprint density at radius 3 is 2.83 bits per heavy atom. The molecule has 6 heteroatoms. The van der Waals surface area contributed by atoms with Gasteiger partial charge in [-0.15, -0.1) is 15.3 Å². The number of carbonyl (C=O) groups excluding carboxylic acids is 1. The summed E-state index contributed by atoms with van der Waals surface area (Å²) in [6.45, 7) is 1.73. The third-order valence-electron chi connectivity index (χ3n) is 1.28. The van der Waals surface area contributed by atoms with Gasteiger partial charge in [0.1, 0.15) is 5.69 Å². The van der Waals surface area contributed by atoms with Crippen molar-refractivity contribution in [2.24, 2.45) is 16.2 Å². The fourth-order valence-corrected chi connectivity index (χ4v) is 0.705. The van der Waals surface area contributed by atoms with Crippen LogP contribution in [0.1, 0.15) is 16.1 Å². The van der Waals surface area contributed by atoms with Crippen LogP contribution in [0.25, 0.3) is 0 Å². The predicted octanol–water partition coefficient (Wildman–Crippen LogP) is 0.555. The molecule has 0 saturated heterocycles. The highest BCUT2D eigenvalue weighted by Gasteiger charge is 2.00. The summed E-state index contributed by atoms with van der Waals surface area (Å²) in [6.07, 6.45) is 0.631. The number of nitrogens with zero attached hydrogens (tertiary/aromatic N) is 4. The summed E-state index contributed by atoms with van der Waals surface area (Å²) in [5.74, 6) is 5.09. The molecule has 0 amide bonds. The number of nitrogens with two attached hydrogens (primary N) is 1. The van der Waals surface area contributed by atoms with Crippen molar-refractivity contribution in [1.82, 2.24) is 10.2 Å². The van der Waals surface area contributed by atoms with Crippen molar-refractivity contribution in [3.05, 3.63) is 17.3 Å². The normalized spacial score (nSPS) is 10.4. The third kappa shape index (κ3) is 1.60. The van der Waals surface area contributed by atoms with Crippen LogP contribution in [-0.4, -0.2) is 16.5 Å². The van der Waals surface area contributed by atoms with E-state index in [4.69, 9.17) is 5.84 Å². The van der Waals surface area contributed by atoms with Gasteiger partial charge in [0.25, 0.3) is 0 Å². The van der Waals surface area contributed by atoms with E-state index < -0.39 is 0 Å². The summed E-state index contributed by atoms with van der Waals surface area (Å²) >= 11 is 0. The van der Waals surface area contributed by atoms with E-state index in [0.717, 1.165) is 0 Å². The number of hydrogen-bond donors (Lipinski definition) is 1. The van der Waals surface area contributed by atoms with E-state index in [-0.39, 0.29) is 0 Å². The second kappa shape index (κ2) is 3.51. The molecule has 0 saturated carbocycles. The Bertz CT molecular complexity index is 322. The zero-order valence-electron chi connectivity index (χ0n) is 6.43. The summed E-state index contributed by atoms with van der Waals surface area (Å²) < 4.78 is 0. The van der Waals surface area contributed by atoms with Crippen LogP contribution in [-0.2, 0) is 0 Å². The highest BCUT2D eigenvalue weighted by molar-refractivity contribution is 5.73. The fourth-order valence-electron chi connectivity index (χ4n) is 0.705. The first-order chi connectivity index (χ1) is 5.77. The lowest BCUT2D eigenvalue weighted by molar-refractivity contribution is 0.111. The number of aryl methyl sites for hydroxylation is 1. The minimum absolute atomic E-state index is 0.292. The van der Waals surface area contributed by atoms with Gasteiger partial charge in [0, 0.05) is 0 Å². The van der Waals surface area contributed by atoms with Crippen molar-refractivity contribution < 1.29 is 4.79 Å². The van der Waals surface area contributed by atoms with Gasteiger partial charge in [-0.2, -0.15) is 0 Å². The van der Waals surface area contributed by atoms with Crippen LogP contribution < -0.4 is 5.84 Å². The quantitative estimate of drug-likeness (QED) is 0.299. The van der Waals surface area contributed by atoms with Gasteiger partial charge in [-0.05, 0) is 18.6 Å². The molecule has 1 heterocycles. The monoisotopic (exact) mass is 165 g/mol. The molecule has 0 fully saturated rings. The Morgan fingerprint density at radius 1 is 1.58 bits per heavy atom. The zero-order valence-corrected chi connectivity index (χ0v) is 6.43. The number of aldehydes is 1. The van der Waals surface area contributed by atoms with Crippen molar-refractivity contribution in [3.8, 4) is 0 Å². The van der Waals surface area contributed by atoms with Crippen LogP contribution in [0, 0.1) is 6.92 Å². The van der Waals surface area contributed by atoms with E-state index >= 15 is 0 Å². The van der Waals surface area contributed by atoms with E-state index in [1.54, 1.807) is 13.0 Å². The first-order valence-electron chi connectivity index (χ1n) is 3.18. The number of rotatable bonds is 2. The smallest absolute Gasteiger partial charge is 0.198 e. The third-order valence-corrected chi connectivity index (χ3v) is 1.28. The first kappa shape index (κ1) is 8.25. The molecule has 0 bridgehead atoms. The number of carbonyl (C=O) groups is 1. The molecule has 2 N–H and O–H groups in total. The summed E-state index contributed by atoms with van der Waals surface area (Å²) in [4.78, 5) is 10.3.